The molecule has 0 aromatic heterocycles. The molecular formula is C15H25N2O3+. The van der Waals surface area contributed by atoms with Crippen molar-refractivity contribution >= 4 is 5.91 Å². The van der Waals surface area contributed by atoms with Crippen molar-refractivity contribution in [2.45, 2.75) is 39.8 Å². The van der Waals surface area contributed by atoms with E-state index < -0.39 is 0 Å². The summed E-state index contributed by atoms with van der Waals surface area (Å²) in [5.41, 5.74) is 6.36. The summed E-state index contributed by atoms with van der Waals surface area (Å²) in [6.07, 6.45) is 0. The third-order valence-corrected chi connectivity index (χ3v) is 3.12. The second kappa shape index (κ2) is 7.75. The third kappa shape index (κ3) is 4.42. The van der Waals surface area contributed by atoms with Crippen LogP contribution in [0.4, 0.5) is 0 Å². The summed E-state index contributed by atoms with van der Waals surface area (Å²) in [6, 6.07) is 5.72. The molecule has 0 heterocycles. The molecule has 20 heavy (non-hydrogen) atoms. The first-order valence-corrected chi connectivity index (χ1v) is 7.03. The zero-order valence-corrected chi connectivity index (χ0v) is 12.7. The van der Waals surface area contributed by atoms with Gasteiger partial charge in [0.05, 0.1) is 13.2 Å². The lowest BCUT2D eigenvalue weighted by molar-refractivity contribution is -0.710. The highest BCUT2D eigenvalue weighted by atomic mass is 16.5. The molecule has 5 heteroatoms. The van der Waals surface area contributed by atoms with E-state index in [0.717, 1.165) is 17.1 Å². The minimum absolute atomic E-state index is 0.118. The molecule has 1 rings (SSSR count). The molecular weight excluding hydrogens is 256 g/mol. The standard InChI is InChI=1S/C15H24N2O3/c1-5-19-13-8-7-12(9-14(13)20-6-2)10(3)17-11(4)15(16)18/h7-11,17H,5-6H2,1-4H3,(H2,16,18)/p+1/t10-,11+/m1/s1. The quantitative estimate of drug-likeness (QED) is 0.745. The molecule has 0 radical (unpaired) electrons. The fraction of sp³-hybridized carbons (Fsp3) is 0.533. The largest absolute Gasteiger partial charge is 0.490 e. The van der Waals surface area contributed by atoms with E-state index in [4.69, 9.17) is 15.2 Å². The number of nitrogens with two attached hydrogens (primary N) is 2. The summed E-state index contributed by atoms with van der Waals surface area (Å²) in [7, 11) is 0. The molecule has 112 valence electrons. The molecule has 1 aromatic carbocycles. The SMILES string of the molecule is CCOc1ccc([C@@H](C)[NH2+][C@@H](C)C(N)=O)cc1OCC. The van der Waals surface area contributed by atoms with Crippen molar-refractivity contribution in [1.82, 2.24) is 0 Å². The fourth-order valence-corrected chi connectivity index (χ4v) is 1.99. The number of amides is 1. The Morgan fingerprint density at radius 2 is 1.80 bits per heavy atom. The number of hydrogen-bond donors (Lipinski definition) is 2. The van der Waals surface area contributed by atoms with Gasteiger partial charge in [-0.05, 0) is 45.9 Å². The highest BCUT2D eigenvalue weighted by molar-refractivity contribution is 5.77. The summed E-state index contributed by atoms with van der Waals surface area (Å²) in [4.78, 5) is 11.1. The van der Waals surface area contributed by atoms with E-state index in [1.807, 2.05) is 44.3 Å². The molecule has 5 nitrogen and oxygen atoms in total. The van der Waals surface area contributed by atoms with Crippen molar-refractivity contribution in [3.05, 3.63) is 23.8 Å². The molecule has 4 N–H and O–H groups in total. The summed E-state index contributed by atoms with van der Waals surface area (Å²) < 4.78 is 11.1. The molecule has 0 unspecified atom stereocenters. The summed E-state index contributed by atoms with van der Waals surface area (Å²) in [5, 5.41) is 1.94. The van der Waals surface area contributed by atoms with Gasteiger partial charge in [-0.2, -0.15) is 0 Å². The van der Waals surface area contributed by atoms with Gasteiger partial charge < -0.3 is 20.5 Å². The van der Waals surface area contributed by atoms with Gasteiger partial charge in [-0.25, -0.2) is 0 Å². The van der Waals surface area contributed by atoms with Crippen LogP contribution in [0.5, 0.6) is 11.5 Å². The van der Waals surface area contributed by atoms with E-state index in [2.05, 4.69) is 0 Å². The molecule has 1 aromatic rings. The van der Waals surface area contributed by atoms with E-state index in [1.165, 1.54) is 0 Å². The minimum Gasteiger partial charge on any atom is -0.490 e. The Balaban J connectivity index is 2.89. The molecule has 0 fully saturated rings. The lowest BCUT2D eigenvalue weighted by atomic mass is 10.1. The maximum Gasteiger partial charge on any atom is 0.275 e. The van der Waals surface area contributed by atoms with Gasteiger partial charge in [-0.15, -0.1) is 0 Å². The first-order chi connectivity index (χ1) is 9.49. The normalized spacial score (nSPS) is 13.6. The van der Waals surface area contributed by atoms with Gasteiger partial charge in [-0.3, -0.25) is 4.79 Å². The number of benzene rings is 1. The Hall–Kier alpha value is -1.75. The monoisotopic (exact) mass is 281 g/mol. The Morgan fingerprint density at radius 1 is 1.20 bits per heavy atom. The number of carbonyl (C=O) groups excluding carboxylic acids is 1. The van der Waals surface area contributed by atoms with Crippen LogP contribution in [0, 0.1) is 0 Å². The van der Waals surface area contributed by atoms with Gasteiger partial charge in [0.1, 0.15) is 6.04 Å². The van der Waals surface area contributed by atoms with Gasteiger partial charge in [0, 0.05) is 5.56 Å². The predicted octanol–water partition coefficient (Wildman–Crippen LogP) is 0.982. The van der Waals surface area contributed by atoms with Crippen molar-refractivity contribution in [2.75, 3.05) is 13.2 Å². The minimum atomic E-state index is -0.312. The summed E-state index contributed by atoms with van der Waals surface area (Å²) >= 11 is 0. The van der Waals surface area contributed by atoms with Crippen molar-refractivity contribution in [2.24, 2.45) is 5.73 Å². The molecule has 0 aliphatic carbocycles. The van der Waals surface area contributed by atoms with Gasteiger partial charge in [0.25, 0.3) is 5.91 Å². The zero-order chi connectivity index (χ0) is 15.1. The van der Waals surface area contributed by atoms with E-state index in [9.17, 15) is 4.79 Å². The Labute approximate surface area is 120 Å². The highest BCUT2D eigenvalue weighted by Gasteiger charge is 2.19. The molecule has 0 bridgehead atoms. The van der Waals surface area contributed by atoms with Gasteiger partial charge >= 0.3 is 0 Å². The molecule has 1 amide bonds. The molecule has 0 spiro atoms. The molecule has 0 aliphatic heterocycles. The number of primary amides is 1. The van der Waals surface area contributed by atoms with Crippen LogP contribution in [0.15, 0.2) is 18.2 Å². The Bertz CT molecular complexity index is 449. The topological polar surface area (TPSA) is 78.2 Å². The average molecular weight is 281 g/mol. The van der Waals surface area contributed by atoms with Gasteiger partial charge in [0.2, 0.25) is 0 Å². The molecule has 0 saturated carbocycles. The highest BCUT2D eigenvalue weighted by Crippen LogP contribution is 2.29. The van der Waals surface area contributed by atoms with Crippen LogP contribution >= 0.6 is 0 Å². The zero-order valence-electron chi connectivity index (χ0n) is 12.7. The number of quaternary nitrogens is 1. The molecule has 2 atom stereocenters. The smallest absolute Gasteiger partial charge is 0.275 e. The van der Waals surface area contributed by atoms with Crippen molar-refractivity contribution in [3.63, 3.8) is 0 Å². The van der Waals surface area contributed by atoms with Crippen LogP contribution in [0.3, 0.4) is 0 Å². The lowest BCUT2D eigenvalue weighted by Gasteiger charge is -2.17. The number of hydrogen-bond acceptors (Lipinski definition) is 3. The lowest BCUT2D eigenvalue weighted by Crippen LogP contribution is -2.92. The number of rotatable bonds is 8. The first-order valence-electron chi connectivity index (χ1n) is 7.03. The van der Waals surface area contributed by atoms with Crippen LogP contribution in [-0.2, 0) is 4.79 Å². The predicted molar refractivity (Wildman–Crippen MR) is 77.8 cm³/mol. The van der Waals surface area contributed by atoms with Crippen LogP contribution in [0.1, 0.15) is 39.3 Å². The third-order valence-electron chi connectivity index (χ3n) is 3.12. The van der Waals surface area contributed by atoms with Crippen molar-refractivity contribution in [1.29, 1.82) is 0 Å². The Kier molecular flexibility index (Phi) is 6.31. The number of ether oxygens (including phenoxy) is 2. The molecule has 0 saturated heterocycles. The molecule has 0 aliphatic rings. The maximum atomic E-state index is 11.1. The maximum absolute atomic E-state index is 11.1. The average Bonchev–Trinajstić information content (AvgIpc) is 2.41. The number of carbonyl (C=O) groups is 1. The summed E-state index contributed by atoms with van der Waals surface area (Å²) in [6.45, 7) is 8.89. The van der Waals surface area contributed by atoms with Crippen LogP contribution in [0.2, 0.25) is 0 Å². The van der Waals surface area contributed by atoms with E-state index in [-0.39, 0.29) is 18.0 Å². The first kappa shape index (κ1) is 16.3. The van der Waals surface area contributed by atoms with E-state index >= 15 is 0 Å². The fourth-order valence-electron chi connectivity index (χ4n) is 1.99. The van der Waals surface area contributed by atoms with E-state index in [0.29, 0.717) is 13.2 Å². The van der Waals surface area contributed by atoms with Crippen molar-refractivity contribution < 1.29 is 19.6 Å². The van der Waals surface area contributed by atoms with Crippen molar-refractivity contribution in [3.8, 4) is 11.5 Å². The van der Waals surface area contributed by atoms with Crippen LogP contribution < -0.4 is 20.5 Å². The van der Waals surface area contributed by atoms with E-state index in [1.54, 1.807) is 6.92 Å². The second-order valence-corrected chi connectivity index (χ2v) is 4.74. The van der Waals surface area contributed by atoms with Gasteiger partial charge in [0.15, 0.2) is 17.5 Å². The summed E-state index contributed by atoms with van der Waals surface area (Å²) in [5.74, 6) is 1.17. The van der Waals surface area contributed by atoms with Crippen LogP contribution in [0.25, 0.3) is 0 Å². The van der Waals surface area contributed by atoms with Gasteiger partial charge in [-0.1, -0.05) is 0 Å². The van der Waals surface area contributed by atoms with Crippen LogP contribution in [-0.4, -0.2) is 25.2 Å². The Morgan fingerprint density at radius 3 is 2.35 bits per heavy atom. The second-order valence-electron chi connectivity index (χ2n) is 4.74.